The fraction of sp³-hybridized carbons (Fsp3) is 0.400. The normalized spacial score (nSPS) is 16.8. The number of pyridine rings is 1. The number of anilines is 1. The fourth-order valence-electron chi connectivity index (χ4n) is 3.32. The Labute approximate surface area is 183 Å². The largest absolute Gasteiger partial charge is 0.353 e. The first-order chi connectivity index (χ1) is 12.7. The van der Waals surface area contributed by atoms with Gasteiger partial charge in [0.2, 0.25) is 0 Å². The van der Waals surface area contributed by atoms with Gasteiger partial charge >= 0.3 is 0 Å². The summed E-state index contributed by atoms with van der Waals surface area (Å²) in [6.45, 7) is 4.75. The Balaban J connectivity index is 0.00000261. The summed E-state index contributed by atoms with van der Waals surface area (Å²) in [5.74, 6) is 1.69. The second kappa shape index (κ2) is 10.7. The van der Waals surface area contributed by atoms with E-state index in [2.05, 4.69) is 56.7 Å². The molecule has 5 nitrogen and oxygen atoms in total. The van der Waals surface area contributed by atoms with E-state index in [-0.39, 0.29) is 24.0 Å². The predicted molar refractivity (Wildman–Crippen MR) is 124 cm³/mol. The van der Waals surface area contributed by atoms with Gasteiger partial charge in [-0.3, -0.25) is 4.99 Å². The average molecular weight is 500 g/mol. The number of hydrogen-bond donors (Lipinski definition) is 2. The summed E-state index contributed by atoms with van der Waals surface area (Å²) >= 11 is 6.27. The van der Waals surface area contributed by atoms with Gasteiger partial charge in [0.1, 0.15) is 5.82 Å². The van der Waals surface area contributed by atoms with Gasteiger partial charge in [-0.2, -0.15) is 0 Å². The molecule has 1 fully saturated rings. The van der Waals surface area contributed by atoms with Crippen molar-refractivity contribution in [3.8, 4) is 0 Å². The second-order valence-electron chi connectivity index (χ2n) is 6.43. The molecule has 1 aromatic heterocycles. The minimum absolute atomic E-state index is 0. The van der Waals surface area contributed by atoms with E-state index in [9.17, 15) is 0 Å². The molecule has 146 valence electrons. The molecule has 1 aliphatic heterocycles. The molecule has 27 heavy (non-hydrogen) atoms. The second-order valence-corrected chi connectivity index (χ2v) is 6.84. The summed E-state index contributed by atoms with van der Waals surface area (Å²) in [5, 5.41) is 7.65. The van der Waals surface area contributed by atoms with Crippen LogP contribution >= 0.6 is 35.6 Å². The molecule has 1 aromatic carbocycles. The topological polar surface area (TPSA) is 52.6 Å². The molecule has 1 atom stereocenters. The Bertz CT molecular complexity index is 768. The van der Waals surface area contributed by atoms with Crippen LogP contribution in [0.5, 0.6) is 0 Å². The Hall–Kier alpha value is -1.54. The van der Waals surface area contributed by atoms with E-state index in [1.165, 1.54) is 11.1 Å². The summed E-state index contributed by atoms with van der Waals surface area (Å²) in [4.78, 5) is 11.0. The van der Waals surface area contributed by atoms with Crippen LogP contribution in [0.15, 0.2) is 47.6 Å². The van der Waals surface area contributed by atoms with Crippen molar-refractivity contribution in [2.75, 3.05) is 25.0 Å². The third kappa shape index (κ3) is 5.72. The maximum atomic E-state index is 6.27. The van der Waals surface area contributed by atoms with Crippen LogP contribution in [0.4, 0.5) is 5.82 Å². The van der Waals surface area contributed by atoms with Gasteiger partial charge in [0.05, 0.1) is 5.02 Å². The molecule has 1 saturated heterocycles. The summed E-state index contributed by atoms with van der Waals surface area (Å²) in [6.07, 6.45) is 3.85. The van der Waals surface area contributed by atoms with Crippen molar-refractivity contribution in [3.63, 3.8) is 0 Å². The number of guanidine groups is 1. The van der Waals surface area contributed by atoms with Gasteiger partial charge < -0.3 is 15.5 Å². The van der Waals surface area contributed by atoms with E-state index in [0.717, 1.165) is 44.3 Å². The molecule has 2 N–H and O–H groups in total. The molecule has 0 amide bonds. The Morgan fingerprint density at radius 3 is 2.74 bits per heavy atom. The number of aryl methyl sites for hydroxylation is 1. The number of nitrogens with one attached hydrogen (secondary N) is 2. The molecular weight excluding hydrogens is 473 g/mol. The zero-order valence-corrected chi connectivity index (χ0v) is 18.9. The van der Waals surface area contributed by atoms with Crippen LogP contribution in [-0.4, -0.2) is 37.1 Å². The molecule has 2 aromatic rings. The van der Waals surface area contributed by atoms with E-state index in [1.807, 2.05) is 19.2 Å². The fourth-order valence-corrected chi connectivity index (χ4v) is 3.56. The smallest absolute Gasteiger partial charge is 0.191 e. The molecular formula is C20H27ClIN5. The van der Waals surface area contributed by atoms with E-state index in [0.29, 0.717) is 11.1 Å². The van der Waals surface area contributed by atoms with E-state index in [1.54, 1.807) is 6.20 Å². The maximum absolute atomic E-state index is 6.27. The van der Waals surface area contributed by atoms with E-state index in [4.69, 9.17) is 11.6 Å². The zero-order valence-electron chi connectivity index (χ0n) is 15.8. The first kappa shape index (κ1) is 21.8. The standard InChI is InChI=1S/C20H26ClN5.HI/c1-3-15-7-4-5-8-16(15)13-24-20(22-2)25-17-10-12-26(14-17)19-18(21)9-6-11-23-19;/h4-9,11,17H,3,10,12-14H2,1-2H3,(H2,22,24,25);1H. The van der Waals surface area contributed by atoms with E-state index < -0.39 is 0 Å². The summed E-state index contributed by atoms with van der Waals surface area (Å²) in [7, 11) is 1.81. The van der Waals surface area contributed by atoms with Crippen molar-refractivity contribution in [2.45, 2.75) is 32.4 Å². The lowest BCUT2D eigenvalue weighted by atomic mass is 10.1. The van der Waals surface area contributed by atoms with Crippen LogP contribution in [-0.2, 0) is 13.0 Å². The number of hydrogen-bond acceptors (Lipinski definition) is 3. The van der Waals surface area contributed by atoms with Gasteiger partial charge in [0, 0.05) is 38.9 Å². The van der Waals surface area contributed by atoms with Crippen LogP contribution in [0.1, 0.15) is 24.5 Å². The lowest BCUT2D eigenvalue weighted by Gasteiger charge is -2.20. The van der Waals surface area contributed by atoms with Crippen molar-refractivity contribution in [2.24, 2.45) is 4.99 Å². The molecule has 1 aliphatic rings. The van der Waals surface area contributed by atoms with Gasteiger partial charge in [-0.1, -0.05) is 42.8 Å². The molecule has 1 unspecified atom stereocenters. The molecule has 2 heterocycles. The lowest BCUT2D eigenvalue weighted by molar-refractivity contribution is 0.647. The van der Waals surface area contributed by atoms with Crippen molar-refractivity contribution in [1.29, 1.82) is 0 Å². The third-order valence-electron chi connectivity index (χ3n) is 4.74. The van der Waals surface area contributed by atoms with Crippen molar-refractivity contribution in [1.82, 2.24) is 15.6 Å². The number of benzene rings is 1. The predicted octanol–water partition coefficient (Wildman–Crippen LogP) is 3.86. The van der Waals surface area contributed by atoms with Gasteiger partial charge in [0.15, 0.2) is 5.96 Å². The summed E-state index contributed by atoms with van der Waals surface area (Å²) in [5.41, 5.74) is 2.68. The van der Waals surface area contributed by atoms with Gasteiger partial charge in [-0.25, -0.2) is 4.98 Å². The first-order valence-corrected chi connectivity index (χ1v) is 9.48. The number of nitrogens with zero attached hydrogens (tertiary/aromatic N) is 3. The quantitative estimate of drug-likeness (QED) is 0.373. The van der Waals surface area contributed by atoms with Crippen LogP contribution < -0.4 is 15.5 Å². The number of aliphatic imine (C=N–C) groups is 1. The van der Waals surface area contributed by atoms with Crippen molar-refractivity contribution in [3.05, 3.63) is 58.7 Å². The van der Waals surface area contributed by atoms with Crippen molar-refractivity contribution < 1.29 is 0 Å². The average Bonchev–Trinajstić information content (AvgIpc) is 3.14. The molecule has 3 rings (SSSR count). The molecule has 0 bridgehead atoms. The highest BCUT2D eigenvalue weighted by molar-refractivity contribution is 14.0. The van der Waals surface area contributed by atoms with E-state index >= 15 is 0 Å². The lowest BCUT2D eigenvalue weighted by Crippen LogP contribution is -2.44. The first-order valence-electron chi connectivity index (χ1n) is 9.10. The van der Waals surface area contributed by atoms with Crippen LogP contribution in [0.3, 0.4) is 0 Å². The number of rotatable bonds is 5. The zero-order chi connectivity index (χ0) is 18.4. The Morgan fingerprint density at radius 1 is 1.26 bits per heavy atom. The highest BCUT2D eigenvalue weighted by atomic mass is 127. The maximum Gasteiger partial charge on any atom is 0.191 e. The third-order valence-corrected chi connectivity index (χ3v) is 5.03. The van der Waals surface area contributed by atoms with Crippen LogP contribution in [0, 0.1) is 0 Å². The summed E-state index contributed by atoms with van der Waals surface area (Å²) < 4.78 is 0. The van der Waals surface area contributed by atoms with Gasteiger partial charge in [-0.15, -0.1) is 24.0 Å². The van der Waals surface area contributed by atoms with Gasteiger partial charge in [-0.05, 0) is 36.1 Å². The van der Waals surface area contributed by atoms with Gasteiger partial charge in [0.25, 0.3) is 0 Å². The van der Waals surface area contributed by atoms with Crippen LogP contribution in [0.25, 0.3) is 0 Å². The highest BCUT2D eigenvalue weighted by Crippen LogP contribution is 2.25. The Morgan fingerprint density at radius 2 is 2.04 bits per heavy atom. The number of aromatic nitrogens is 1. The minimum atomic E-state index is 0. The number of halogens is 2. The molecule has 0 radical (unpaired) electrons. The summed E-state index contributed by atoms with van der Waals surface area (Å²) in [6, 6.07) is 12.6. The highest BCUT2D eigenvalue weighted by Gasteiger charge is 2.25. The van der Waals surface area contributed by atoms with Crippen LogP contribution in [0.2, 0.25) is 5.02 Å². The Kier molecular flexibility index (Phi) is 8.63. The SMILES string of the molecule is CCc1ccccc1CNC(=NC)NC1CCN(c2ncccc2Cl)C1.I. The molecule has 7 heteroatoms. The minimum Gasteiger partial charge on any atom is -0.353 e. The van der Waals surface area contributed by atoms with Crippen molar-refractivity contribution >= 4 is 47.4 Å². The molecule has 0 saturated carbocycles. The monoisotopic (exact) mass is 499 g/mol. The molecule has 0 aliphatic carbocycles. The molecule has 0 spiro atoms.